The second-order valence-electron chi connectivity index (χ2n) is 6.77. The van der Waals surface area contributed by atoms with E-state index in [-0.39, 0.29) is 17.5 Å². The van der Waals surface area contributed by atoms with Gasteiger partial charge in [-0.05, 0) is 11.6 Å². The molecule has 3 N–H and O–H groups in total. The Kier molecular flexibility index (Phi) is 5.36. The van der Waals surface area contributed by atoms with Crippen molar-refractivity contribution in [2.75, 3.05) is 0 Å². The van der Waals surface area contributed by atoms with E-state index < -0.39 is 23.6 Å². The number of hydrogen-bond acceptors (Lipinski definition) is 4. The number of hydrogen-bond donors (Lipinski definition) is 3. The lowest BCUT2D eigenvalue weighted by Gasteiger charge is -2.20. The van der Waals surface area contributed by atoms with Gasteiger partial charge in [-0.25, -0.2) is 4.79 Å². The Bertz CT molecular complexity index is 822. The number of carbonyl (C=O) groups is 2. The zero-order chi connectivity index (χ0) is 18.6. The van der Waals surface area contributed by atoms with Gasteiger partial charge in [0.25, 0.3) is 5.91 Å². The summed E-state index contributed by atoms with van der Waals surface area (Å²) in [7, 11) is 0. The molecule has 0 spiro atoms. The molecule has 132 valence electrons. The molecule has 0 unspecified atom stereocenters. The summed E-state index contributed by atoms with van der Waals surface area (Å²) in [5.74, 6) is -1.63. The normalized spacial score (nSPS) is 12.4. The first-order chi connectivity index (χ1) is 11.7. The number of aliphatic carboxylic acids is 1. The van der Waals surface area contributed by atoms with Crippen LogP contribution >= 0.6 is 0 Å². The van der Waals surface area contributed by atoms with E-state index in [0.29, 0.717) is 11.3 Å². The number of rotatable bonds is 5. The van der Waals surface area contributed by atoms with Gasteiger partial charge < -0.3 is 15.4 Å². The molecule has 1 atom stereocenters. The Morgan fingerprint density at radius 3 is 2.44 bits per heavy atom. The van der Waals surface area contributed by atoms with Crippen LogP contribution in [0.3, 0.4) is 0 Å². The molecule has 0 bridgehead atoms. The standard InChI is InChI=1S/C18H21N3O4/c1-18(2,3)14-9-13(20-17(25)21-14)16(24)19-12(10-15(22)23)11-7-5-4-6-8-11/h4-9,12H,10H2,1-3H3,(H,19,24)(H,22,23)(H,20,21,25)/t12-/m1/s1. The molecule has 1 heterocycles. The average Bonchev–Trinajstić information content (AvgIpc) is 2.53. The van der Waals surface area contributed by atoms with Crippen molar-refractivity contribution < 1.29 is 14.7 Å². The summed E-state index contributed by atoms with van der Waals surface area (Å²) < 4.78 is 0. The highest BCUT2D eigenvalue weighted by atomic mass is 16.4. The fraction of sp³-hybridized carbons (Fsp3) is 0.333. The number of nitrogens with one attached hydrogen (secondary N) is 2. The average molecular weight is 343 g/mol. The van der Waals surface area contributed by atoms with Gasteiger partial charge in [-0.2, -0.15) is 4.98 Å². The summed E-state index contributed by atoms with van der Waals surface area (Å²) in [6.07, 6.45) is -0.273. The van der Waals surface area contributed by atoms with Crippen LogP contribution in [-0.4, -0.2) is 27.0 Å². The molecule has 0 aliphatic rings. The van der Waals surface area contributed by atoms with Crippen LogP contribution in [0.15, 0.2) is 41.2 Å². The highest BCUT2D eigenvalue weighted by Crippen LogP contribution is 2.20. The Hall–Kier alpha value is -2.96. The molecule has 0 radical (unpaired) electrons. The molecule has 0 fully saturated rings. The number of nitrogens with zero attached hydrogens (tertiary/aromatic N) is 1. The van der Waals surface area contributed by atoms with E-state index in [1.165, 1.54) is 6.07 Å². The largest absolute Gasteiger partial charge is 0.481 e. The number of aromatic amines is 1. The van der Waals surface area contributed by atoms with Crippen LogP contribution in [0.1, 0.15) is 55.0 Å². The molecule has 0 aliphatic heterocycles. The molecule has 0 aliphatic carbocycles. The molecule has 0 saturated carbocycles. The molecule has 1 amide bonds. The number of amides is 1. The number of carboxylic acids is 1. The molecule has 1 aromatic heterocycles. The quantitative estimate of drug-likeness (QED) is 0.769. The van der Waals surface area contributed by atoms with Crippen molar-refractivity contribution in [3.63, 3.8) is 0 Å². The van der Waals surface area contributed by atoms with Crippen LogP contribution < -0.4 is 11.0 Å². The zero-order valence-electron chi connectivity index (χ0n) is 14.4. The maximum absolute atomic E-state index is 12.5. The van der Waals surface area contributed by atoms with Crippen molar-refractivity contribution in [1.29, 1.82) is 0 Å². The topological polar surface area (TPSA) is 112 Å². The van der Waals surface area contributed by atoms with Crippen LogP contribution in [0.5, 0.6) is 0 Å². The lowest BCUT2D eigenvalue weighted by molar-refractivity contribution is -0.137. The van der Waals surface area contributed by atoms with Crippen LogP contribution in [0.25, 0.3) is 0 Å². The summed E-state index contributed by atoms with van der Waals surface area (Å²) in [6.45, 7) is 5.70. The summed E-state index contributed by atoms with van der Waals surface area (Å²) in [6, 6.07) is 9.60. The summed E-state index contributed by atoms with van der Waals surface area (Å²) >= 11 is 0. The summed E-state index contributed by atoms with van der Waals surface area (Å²) in [4.78, 5) is 41.7. The SMILES string of the molecule is CC(C)(C)c1cc(C(=O)N[C@H](CC(=O)O)c2ccccc2)nc(=O)[nH]1. The van der Waals surface area contributed by atoms with E-state index >= 15 is 0 Å². The molecule has 2 rings (SSSR count). The third-order valence-corrected chi connectivity index (χ3v) is 3.67. The maximum atomic E-state index is 12.5. The number of carboxylic acid groups (broad SMARTS) is 1. The minimum atomic E-state index is -1.04. The molecule has 2 aromatic rings. The number of benzene rings is 1. The first kappa shape index (κ1) is 18.4. The van der Waals surface area contributed by atoms with Gasteiger partial charge >= 0.3 is 11.7 Å². The molecule has 7 nitrogen and oxygen atoms in total. The molecular formula is C18H21N3O4. The van der Waals surface area contributed by atoms with Crippen molar-refractivity contribution >= 4 is 11.9 Å². The van der Waals surface area contributed by atoms with E-state index in [1.807, 2.05) is 20.8 Å². The first-order valence-corrected chi connectivity index (χ1v) is 7.86. The van der Waals surface area contributed by atoms with Crippen LogP contribution in [0, 0.1) is 0 Å². The second-order valence-corrected chi connectivity index (χ2v) is 6.77. The van der Waals surface area contributed by atoms with E-state index in [9.17, 15) is 14.4 Å². The highest BCUT2D eigenvalue weighted by Gasteiger charge is 2.22. The second kappa shape index (κ2) is 7.29. The van der Waals surface area contributed by atoms with E-state index in [2.05, 4.69) is 15.3 Å². The molecule has 1 aromatic carbocycles. The van der Waals surface area contributed by atoms with Crippen molar-refractivity contribution in [3.8, 4) is 0 Å². The van der Waals surface area contributed by atoms with E-state index in [4.69, 9.17) is 5.11 Å². The Balaban J connectivity index is 2.31. The number of carbonyl (C=O) groups excluding carboxylic acids is 1. The fourth-order valence-corrected chi connectivity index (χ4v) is 2.32. The number of H-pyrrole nitrogens is 1. The van der Waals surface area contributed by atoms with Gasteiger partial charge in [0.2, 0.25) is 0 Å². The lowest BCUT2D eigenvalue weighted by atomic mass is 9.91. The smallest absolute Gasteiger partial charge is 0.345 e. The van der Waals surface area contributed by atoms with Crippen LogP contribution in [-0.2, 0) is 10.2 Å². The number of aromatic nitrogens is 2. The van der Waals surface area contributed by atoms with Gasteiger partial charge in [-0.15, -0.1) is 0 Å². The molecule has 7 heteroatoms. The highest BCUT2D eigenvalue weighted by molar-refractivity contribution is 5.92. The van der Waals surface area contributed by atoms with E-state index in [0.717, 1.165) is 0 Å². The van der Waals surface area contributed by atoms with Gasteiger partial charge in [0, 0.05) is 11.1 Å². The zero-order valence-corrected chi connectivity index (χ0v) is 14.4. The predicted octanol–water partition coefficient (Wildman–Crippen LogP) is 2.01. The van der Waals surface area contributed by atoms with Gasteiger partial charge in [-0.3, -0.25) is 9.59 Å². The third kappa shape index (κ3) is 5.00. The summed E-state index contributed by atoms with van der Waals surface area (Å²) in [5.41, 5.74) is 0.218. The monoisotopic (exact) mass is 343 g/mol. The minimum absolute atomic E-state index is 0.0417. The minimum Gasteiger partial charge on any atom is -0.481 e. The molecule has 25 heavy (non-hydrogen) atoms. The Morgan fingerprint density at radius 1 is 1.24 bits per heavy atom. The maximum Gasteiger partial charge on any atom is 0.345 e. The van der Waals surface area contributed by atoms with Crippen molar-refractivity contribution in [2.24, 2.45) is 0 Å². The lowest BCUT2D eigenvalue weighted by Crippen LogP contribution is -2.33. The van der Waals surface area contributed by atoms with Gasteiger partial charge in [0.1, 0.15) is 5.69 Å². The summed E-state index contributed by atoms with van der Waals surface area (Å²) in [5, 5.41) is 11.8. The van der Waals surface area contributed by atoms with Crippen molar-refractivity contribution in [2.45, 2.75) is 38.6 Å². The first-order valence-electron chi connectivity index (χ1n) is 7.86. The van der Waals surface area contributed by atoms with Crippen LogP contribution in [0.4, 0.5) is 0 Å². The Labute approximate surface area is 145 Å². The fourth-order valence-electron chi connectivity index (χ4n) is 2.32. The van der Waals surface area contributed by atoms with Crippen LogP contribution in [0.2, 0.25) is 0 Å². The van der Waals surface area contributed by atoms with Gasteiger partial charge in [-0.1, -0.05) is 51.1 Å². The Morgan fingerprint density at radius 2 is 1.88 bits per heavy atom. The van der Waals surface area contributed by atoms with Crippen molar-refractivity contribution in [1.82, 2.24) is 15.3 Å². The third-order valence-electron chi connectivity index (χ3n) is 3.67. The van der Waals surface area contributed by atoms with E-state index in [1.54, 1.807) is 30.3 Å². The van der Waals surface area contributed by atoms with Crippen molar-refractivity contribution in [3.05, 3.63) is 63.8 Å². The molecular weight excluding hydrogens is 322 g/mol. The molecule has 0 saturated heterocycles. The van der Waals surface area contributed by atoms with Gasteiger partial charge in [0.05, 0.1) is 12.5 Å². The predicted molar refractivity (Wildman–Crippen MR) is 92.5 cm³/mol. The van der Waals surface area contributed by atoms with Gasteiger partial charge in [0.15, 0.2) is 0 Å².